The van der Waals surface area contributed by atoms with Gasteiger partial charge in [-0.2, -0.15) is 0 Å². The Labute approximate surface area is 79.3 Å². The maximum Gasteiger partial charge on any atom is 0.233 e. The molecule has 0 spiro atoms. The summed E-state index contributed by atoms with van der Waals surface area (Å²) in [4.78, 5) is 21.8. The standard InChI is InChI=1S/C6H8N2O2S2/c1-2(9)3-4(5(7)10)12-6(11)8-3/h3-4H,1H3,(H2,7,10)(H,8,11). The maximum absolute atomic E-state index is 11.0. The summed E-state index contributed by atoms with van der Waals surface area (Å²) in [6, 6.07) is -0.542. The molecule has 1 aliphatic rings. The lowest BCUT2D eigenvalue weighted by Crippen LogP contribution is -2.43. The lowest BCUT2D eigenvalue weighted by atomic mass is 10.1. The molecule has 2 atom stereocenters. The second kappa shape index (κ2) is 3.40. The third kappa shape index (κ3) is 1.75. The highest BCUT2D eigenvalue weighted by Gasteiger charge is 2.37. The molecular formula is C6H8N2O2S2. The summed E-state index contributed by atoms with van der Waals surface area (Å²) in [5.74, 6) is -0.626. The minimum absolute atomic E-state index is 0.119. The minimum Gasteiger partial charge on any atom is -0.369 e. The summed E-state index contributed by atoms with van der Waals surface area (Å²) >= 11 is 5.94. The fraction of sp³-hybridized carbons (Fsp3) is 0.500. The number of Topliss-reactive ketones (excluding diaryl/α,β-unsaturated/α-hetero) is 1. The molecule has 0 aliphatic carbocycles. The van der Waals surface area contributed by atoms with E-state index in [2.05, 4.69) is 5.32 Å². The molecule has 4 nitrogen and oxygen atoms in total. The molecule has 6 heteroatoms. The smallest absolute Gasteiger partial charge is 0.233 e. The number of carbonyl (C=O) groups is 2. The van der Waals surface area contributed by atoms with E-state index < -0.39 is 17.2 Å². The van der Waals surface area contributed by atoms with E-state index in [-0.39, 0.29) is 5.78 Å². The Hall–Kier alpha value is -0.620. The number of carbonyl (C=O) groups excluding carboxylic acids is 2. The summed E-state index contributed by atoms with van der Waals surface area (Å²) in [7, 11) is 0. The number of amides is 1. The van der Waals surface area contributed by atoms with Crippen molar-refractivity contribution < 1.29 is 9.59 Å². The van der Waals surface area contributed by atoms with Crippen LogP contribution in [0.1, 0.15) is 6.92 Å². The van der Waals surface area contributed by atoms with E-state index in [1.807, 2.05) is 0 Å². The lowest BCUT2D eigenvalue weighted by Gasteiger charge is -2.10. The van der Waals surface area contributed by atoms with Crippen LogP contribution < -0.4 is 11.1 Å². The lowest BCUT2D eigenvalue weighted by molar-refractivity contribution is -0.123. The van der Waals surface area contributed by atoms with Gasteiger partial charge in [0.1, 0.15) is 15.6 Å². The molecule has 66 valence electrons. The molecule has 0 saturated carbocycles. The van der Waals surface area contributed by atoms with E-state index in [0.29, 0.717) is 4.32 Å². The average Bonchev–Trinajstić information content (AvgIpc) is 2.31. The van der Waals surface area contributed by atoms with Gasteiger partial charge >= 0.3 is 0 Å². The van der Waals surface area contributed by atoms with Gasteiger partial charge in [0.05, 0.1) is 0 Å². The summed E-state index contributed by atoms with van der Waals surface area (Å²) in [5, 5.41) is 2.18. The number of nitrogens with one attached hydrogen (secondary N) is 1. The van der Waals surface area contributed by atoms with Crippen LogP contribution in [-0.4, -0.2) is 27.3 Å². The Morgan fingerprint density at radius 1 is 1.67 bits per heavy atom. The first-order chi connectivity index (χ1) is 5.52. The molecule has 12 heavy (non-hydrogen) atoms. The summed E-state index contributed by atoms with van der Waals surface area (Å²) in [6.45, 7) is 1.40. The van der Waals surface area contributed by atoms with Gasteiger partial charge in [-0.15, -0.1) is 0 Å². The topological polar surface area (TPSA) is 72.2 Å². The molecule has 1 aliphatic heterocycles. The zero-order valence-electron chi connectivity index (χ0n) is 6.37. The number of ketones is 1. The molecule has 0 radical (unpaired) electrons. The molecule has 0 aromatic carbocycles. The second-order valence-corrected chi connectivity index (χ2v) is 4.28. The predicted molar refractivity (Wildman–Crippen MR) is 50.8 cm³/mol. The van der Waals surface area contributed by atoms with E-state index in [9.17, 15) is 9.59 Å². The monoisotopic (exact) mass is 204 g/mol. The summed E-state index contributed by atoms with van der Waals surface area (Å²) < 4.78 is 0.457. The van der Waals surface area contributed by atoms with Crippen LogP contribution in [0.4, 0.5) is 0 Å². The Balaban J connectivity index is 2.79. The first-order valence-corrected chi connectivity index (χ1v) is 4.58. The van der Waals surface area contributed by atoms with Gasteiger partial charge in [0, 0.05) is 0 Å². The van der Waals surface area contributed by atoms with Gasteiger partial charge in [-0.1, -0.05) is 24.0 Å². The number of nitrogens with two attached hydrogens (primary N) is 1. The zero-order valence-corrected chi connectivity index (χ0v) is 8.00. The highest BCUT2D eigenvalue weighted by Crippen LogP contribution is 2.23. The quantitative estimate of drug-likeness (QED) is 0.589. The van der Waals surface area contributed by atoms with Gasteiger partial charge in [-0.25, -0.2) is 0 Å². The van der Waals surface area contributed by atoms with Gasteiger partial charge in [0.15, 0.2) is 5.78 Å². The van der Waals surface area contributed by atoms with Crippen LogP contribution in [-0.2, 0) is 9.59 Å². The van der Waals surface area contributed by atoms with Crippen LogP contribution >= 0.6 is 24.0 Å². The first-order valence-electron chi connectivity index (χ1n) is 3.29. The van der Waals surface area contributed by atoms with E-state index in [1.165, 1.54) is 6.92 Å². The van der Waals surface area contributed by atoms with Crippen molar-refractivity contribution in [2.75, 3.05) is 0 Å². The number of thioether (sulfide) groups is 1. The predicted octanol–water partition coefficient (Wildman–Crippen LogP) is -0.581. The van der Waals surface area contributed by atoms with Crippen LogP contribution in [0, 0.1) is 0 Å². The number of hydrogen-bond donors (Lipinski definition) is 2. The van der Waals surface area contributed by atoms with Crippen molar-refractivity contribution in [1.82, 2.24) is 5.32 Å². The Bertz CT molecular complexity index is 230. The van der Waals surface area contributed by atoms with Crippen molar-refractivity contribution in [2.45, 2.75) is 18.2 Å². The molecule has 1 saturated heterocycles. The normalized spacial score (nSPS) is 28.2. The molecule has 0 aromatic heterocycles. The van der Waals surface area contributed by atoms with Gasteiger partial charge in [-0.05, 0) is 6.92 Å². The van der Waals surface area contributed by atoms with E-state index >= 15 is 0 Å². The van der Waals surface area contributed by atoms with Crippen molar-refractivity contribution in [3.8, 4) is 0 Å². The number of primary amides is 1. The minimum atomic E-state index is -0.546. The van der Waals surface area contributed by atoms with Crippen molar-refractivity contribution in [1.29, 1.82) is 0 Å². The second-order valence-electron chi connectivity index (χ2n) is 2.46. The molecule has 1 fully saturated rings. The molecule has 3 N–H and O–H groups in total. The van der Waals surface area contributed by atoms with Crippen molar-refractivity contribution in [3.05, 3.63) is 0 Å². The average molecular weight is 204 g/mol. The SMILES string of the molecule is CC(=O)C1NC(=S)SC1C(N)=O. The third-order valence-electron chi connectivity index (χ3n) is 1.53. The fourth-order valence-electron chi connectivity index (χ4n) is 0.957. The Morgan fingerprint density at radius 3 is 2.58 bits per heavy atom. The summed E-state index contributed by atoms with van der Waals surface area (Å²) in [6.07, 6.45) is 0. The highest BCUT2D eigenvalue weighted by molar-refractivity contribution is 8.24. The van der Waals surface area contributed by atoms with E-state index in [1.54, 1.807) is 0 Å². The van der Waals surface area contributed by atoms with Crippen molar-refractivity contribution in [2.24, 2.45) is 5.73 Å². The molecular weight excluding hydrogens is 196 g/mol. The van der Waals surface area contributed by atoms with Crippen LogP contribution in [0.5, 0.6) is 0 Å². The van der Waals surface area contributed by atoms with Crippen molar-refractivity contribution >= 4 is 40.0 Å². The fourth-order valence-corrected chi connectivity index (χ4v) is 2.33. The van der Waals surface area contributed by atoms with Gasteiger partial charge in [-0.3, -0.25) is 9.59 Å². The van der Waals surface area contributed by atoms with Crippen LogP contribution in [0.2, 0.25) is 0 Å². The Kier molecular flexibility index (Phi) is 2.69. The van der Waals surface area contributed by atoms with Crippen molar-refractivity contribution in [3.63, 3.8) is 0 Å². The van der Waals surface area contributed by atoms with Crippen LogP contribution in [0.15, 0.2) is 0 Å². The van der Waals surface area contributed by atoms with Gasteiger partial charge in [0.25, 0.3) is 0 Å². The number of hydrogen-bond acceptors (Lipinski definition) is 4. The molecule has 1 heterocycles. The molecule has 1 rings (SSSR count). The van der Waals surface area contributed by atoms with E-state index in [4.69, 9.17) is 18.0 Å². The zero-order chi connectivity index (χ0) is 9.30. The highest BCUT2D eigenvalue weighted by atomic mass is 32.2. The molecule has 0 aromatic rings. The number of thiocarbonyl (C=S) groups is 1. The third-order valence-corrected chi connectivity index (χ3v) is 3.03. The molecule has 1 amide bonds. The molecule has 2 unspecified atom stereocenters. The number of rotatable bonds is 2. The summed E-state index contributed by atoms with van der Waals surface area (Å²) in [5.41, 5.74) is 5.08. The van der Waals surface area contributed by atoms with Gasteiger partial charge < -0.3 is 11.1 Å². The largest absolute Gasteiger partial charge is 0.369 e. The molecule has 0 bridgehead atoms. The van der Waals surface area contributed by atoms with Gasteiger partial charge in [0.2, 0.25) is 5.91 Å². The first kappa shape index (κ1) is 9.47. The van der Waals surface area contributed by atoms with Crippen LogP contribution in [0.3, 0.4) is 0 Å². The maximum atomic E-state index is 11.0. The Morgan fingerprint density at radius 2 is 2.25 bits per heavy atom. The van der Waals surface area contributed by atoms with Crippen LogP contribution in [0.25, 0.3) is 0 Å². The van der Waals surface area contributed by atoms with E-state index in [0.717, 1.165) is 11.8 Å².